The fourth-order valence-corrected chi connectivity index (χ4v) is 0.491. The average Bonchev–Trinajstić information content (AvgIpc) is 1.77. The molecule has 0 heterocycles. The Morgan fingerprint density at radius 1 is 0.600 bits per heavy atom. The van der Waals surface area contributed by atoms with Gasteiger partial charge in [-0.05, 0) is 0 Å². The Labute approximate surface area is 98.5 Å². The van der Waals surface area contributed by atoms with Crippen LogP contribution in [0.3, 0.4) is 0 Å². The first-order valence-corrected chi connectivity index (χ1v) is 2.65. The fourth-order valence-electron chi connectivity index (χ4n) is 0.491. The molecule has 0 atom stereocenters. The predicted molar refractivity (Wildman–Crippen MR) is 20.9 cm³/mol. The zero-order chi connectivity index (χ0) is 12.0. The second-order valence-corrected chi connectivity index (χ2v) is 2.17. The summed E-state index contributed by atoms with van der Waals surface area (Å²) in [7, 11) is 0. The van der Waals surface area contributed by atoms with Gasteiger partial charge in [-0.15, -0.1) is 0 Å². The third kappa shape index (κ3) is 2.92. The van der Waals surface area contributed by atoms with Crippen LogP contribution in [0.1, 0.15) is 0 Å². The van der Waals surface area contributed by atoms with Gasteiger partial charge in [0.15, 0.2) is 0 Å². The van der Waals surface area contributed by atoms with Gasteiger partial charge in [0, 0.05) is 0 Å². The van der Waals surface area contributed by atoms with Crippen LogP contribution in [0.25, 0.3) is 0 Å². The van der Waals surface area contributed by atoms with Crippen LogP contribution in [0.4, 0.5) is 39.5 Å². The molecule has 15 heavy (non-hydrogen) atoms. The molecule has 0 spiro atoms. The Balaban J connectivity index is 0. The monoisotopic (exact) mass is 258 g/mol. The van der Waals surface area contributed by atoms with Crippen LogP contribution in [-0.2, 0) is 0 Å². The van der Waals surface area contributed by atoms with E-state index in [9.17, 15) is 44.6 Å². The summed E-state index contributed by atoms with van der Waals surface area (Å²) in [5, 5.41) is 9.27. The summed E-state index contributed by atoms with van der Waals surface area (Å²) in [6, 6.07) is 0. The van der Waals surface area contributed by atoms with E-state index in [1.54, 1.807) is 0 Å². The molecule has 0 aliphatic rings. The Morgan fingerprint density at radius 3 is 0.800 bits per heavy atom. The molecule has 0 saturated carbocycles. The summed E-state index contributed by atoms with van der Waals surface area (Å²) >= 11 is 0. The number of halogens is 9. The molecule has 11 heteroatoms. The second-order valence-electron chi connectivity index (χ2n) is 2.17. The van der Waals surface area contributed by atoms with Gasteiger partial charge in [0.05, 0.1) is 0 Å². The Kier molecular flexibility index (Phi) is 5.08. The third-order valence-electron chi connectivity index (χ3n) is 1.18. The van der Waals surface area contributed by atoms with Crippen LogP contribution in [0.5, 0.6) is 0 Å². The van der Waals surface area contributed by atoms with Crippen molar-refractivity contribution in [3.8, 4) is 0 Å². The van der Waals surface area contributed by atoms with Crippen molar-refractivity contribution in [2.45, 2.75) is 24.1 Å². The first kappa shape index (κ1) is 17.7. The minimum Gasteiger partial charge on any atom is -0.795 e. The van der Waals surface area contributed by atoms with E-state index in [2.05, 4.69) is 0 Å². The molecule has 0 rings (SSSR count). The molecule has 0 aromatic heterocycles. The molecule has 1 nitrogen and oxygen atoms in total. The van der Waals surface area contributed by atoms with Crippen molar-refractivity contribution in [3.63, 3.8) is 0 Å². The standard InChI is InChI=1S/C4F9O.Na/c5-1(2(6,7)8,3(9,10)11)4(12,13)14;/q-1;+1. The minimum atomic E-state index is -7.08. The molecule has 0 aliphatic carbocycles. The van der Waals surface area contributed by atoms with Gasteiger partial charge in [-0.25, -0.2) is 13.2 Å². The normalized spacial score (nSPS) is 14.8. The summed E-state index contributed by atoms with van der Waals surface area (Å²) in [6.45, 7) is 0. The van der Waals surface area contributed by atoms with Crippen molar-refractivity contribution in [1.29, 1.82) is 0 Å². The first-order valence-electron chi connectivity index (χ1n) is 2.65. The maximum absolute atomic E-state index is 12.0. The largest absolute Gasteiger partial charge is 1.00 e. The molecule has 0 saturated heterocycles. The number of rotatable bonds is 1. The van der Waals surface area contributed by atoms with E-state index in [1.807, 2.05) is 0 Å². The van der Waals surface area contributed by atoms with Crippen LogP contribution in [0.15, 0.2) is 0 Å². The Morgan fingerprint density at radius 2 is 0.800 bits per heavy atom. The van der Waals surface area contributed by atoms with E-state index >= 15 is 0 Å². The minimum absolute atomic E-state index is 0. The van der Waals surface area contributed by atoms with Crippen molar-refractivity contribution in [2.24, 2.45) is 0 Å². The van der Waals surface area contributed by atoms with E-state index in [0.717, 1.165) is 0 Å². The van der Waals surface area contributed by atoms with Gasteiger partial charge < -0.3 is 5.11 Å². The molecule has 0 bridgehead atoms. The Hall–Kier alpha value is 0.330. The van der Waals surface area contributed by atoms with Crippen molar-refractivity contribution in [2.75, 3.05) is 0 Å². The van der Waals surface area contributed by atoms with Crippen LogP contribution >= 0.6 is 0 Å². The van der Waals surface area contributed by atoms with Crippen LogP contribution in [-0.4, -0.2) is 24.1 Å². The maximum Gasteiger partial charge on any atom is 1.00 e. The van der Waals surface area contributed by atoms with Crippen LogP contribution < -0.4 is 34.7 Å². The SMILES string of the molecule is [Na+].[O-]C(F)(F)C(F)(C(F)(F)F)C(F)(F)F. The van der Waals surface area contributed by atoms with Gasteiger partial charge in [-0.2, -0.15) is 26.3 Å². The molecule has 0 radical (unpaired) electrons. The molecular formula is C4F9NaO. The van der Waals surface area contributed by atoms with E-state index in [1.165, 1.54) is 0 Å². The van der Waals surface area contributed by atoms with E-state index in [-0.39, 0.29) is 29.6 Å². The molecule has 0 fully saturated rings. The van der Waals surface area contributed by atoms with Gasteiger partial charge in [0.2, 0.25) is 6.11 Å². The maximum atomic E-state index is 12.0. The third-order valence-corrected chi connectivity index (χ3v) is 1.18. The van der Waals surface area contributed by atoms with Gasteiger partial charge in [-0.1, -0.05) is 0 Å². The smallest absolute Gasteiger partial charge is 0.795 e. The zero-order valence-corrected chi connectivity index (χ0v) is 8.81. The summed E-state index contributed by atoms with van der Waals surface area (Å²) in [5.41, 5.74) is -7.08. The van der Waals surface area contributed by atoms with Crippen molar-refractivity contribution < 1.29 is 74.2 Å². The van der Waals surface area contributed by atoms with Crippen molar-refractivity contribution in [3.05, 3.63) is 0 Å². The molecule has 0 aromatic rings. The van der Waals surface area contributed by atoms with Crippen LogP contribution in [0.2, 0.25) is 0 Å². The molecule has 0 N–H and O–H groups in total. The average molecular weight is 258 g/mol. The number of hydrogen-bond donors (Lipinski definition) is 0. The number of hydrogen-bond acceptors (Lipinski definition) is 1. The summed E-state index contributed by atoms with van der Waals surface area (Å²) < 4.78 is 103. The van der Waals surface area contributed by atoms with Gasteiger partial charge >= 0.3 is 47.6 Å². The Bertz CT molecular complexity index is 176. The topological polar surface area (TPSA) is 23.1 Å². The van der Waals surface area contributed by atoms with Crippen LogP contribution in [0, 0.1) is 0 Å². The molecule has 0 aliphatic heterocycles. The number of alkyl halides is 9. The second kappa shape index (κ2) is 4.30. The predicted octanol–water partition coefficient (Wildman–Crippen LogP) is -1.22. The van der Waals surface area contributed by atoms with Gasteiger partial charge in [0.1, 0.15) is 0 Å². The van der Waals surface area contributed by atoms with Crippen molar-refractivity contribution in [1.82, 2.24) is 0 Å². The summed E-state index contributed by atoms with van der Waals surface area (Å²) in [4.78, 5) is 0. The van der Waals surface area contributed by atoms with E-state index < -0.39 is 24.1 Å². The quantitative estimate of drug-likeness (QED) is 0.427. The van der Waals surface area contributed by atoms with Gasteiger partial charge in [-0.3, -0.25) is 0 Å². The first-order chi connectivity index (χ1) is 5.75. The molecule has 86 valence electrons. The molecule has 0 amide bonds. The van der Waals surface area contributed by atoms with Crippen molar-refractivity contribution >= 4 is 0 Å². The zero-order valence-electron chi connectivity index (χ0n) is 6.81. The fraction of sp³-hybridized carbons (Fsp3) is 1.00. The van der Waals surface area contributed by atoms with Gasteiger partial charge in [0.25, 0.3) is 0 Å². The summed E-state index contributed by atoms with van der Waals surface area (Å²) in [5.74, 6) is 0. The van der Waals surface area contributed by atoms with E-state index in [4.69, 9.17) is 0 Å². The molecular weight excluding hydrogens is 258 g/mol. The molecule has 0 aromatic carbocycles. The summed E-state index contributed by atoms with van der Waals surface area (Å²) in [6.07, 6.45) is -20.9. The van der Waals surface area contributed by atoms with E-state index in [0.29, 0.717) is 0 Å². The molecule has 0 unspecified atom stereocenters.